The normalized spacial score (nSPS) is 11.1. The van der Waals surface area contributed by atoms with Gasteiger partial charge in [0.05, 0.1) is 10.2 Å². The first-order valence-corrected chi connectivity index (χ1v) is 12.3. The summed E-state index contributed by atoms with van der Waals surface area (Å²) in [5, 5.41) is 24.0. The minimum Gasteiger partial charge on any atom is -0.508 e. The smallest absolute Gasteiger partial charge is 0.266 e. The summed E-state index contributed by atoms with van der Waals surface area (Å²) in [7, 11) is 0. The van der Waals surface area contributed by atoms with E-state index in [-0.39, 0.29) is 11.3 Å². The largest absolute Gasteiger partial charge is 0.508 e. The monoisotopic (exact) mass is 590 g/mol. The van der Waals surface area contributed by atoms with Gasteiger partial charge in [-0.2, -0.15) is 5.26 Å². The van der Waals surface area contributed by atoms with Crippen molar-refractivity contribution in [3.05, 3.63) is 99.1 Å². The number of phenols is 1. The Hall–Kier alpha value is -4.03. The summed E-state index contributed by atoms with van der Waals surface area (Å²) in [6, 6.07) is 26.0. The summed E-state index contributed by atoms with van der Waals surface area (Å²) in [5.41, 5.74) is 2.08. The number of benzene rings is 4. The van der Waals surface area contributed by atoms with Crippen LogP contribution in [0.5, 0.6) is 17.2 Å². The van der Waals surface area contributed by atoms with Crippen LogP contribution in [0.15, 0.2) is 84.4 Å². The van der Waals surface area contributed by atoms with Crippen LogP contribution < -0.4 is 14.8 Å². The average Bonchev–Trinajstić information content (AvgIpc) is 2.88. The van der Waals surface area contributed by atoms with Crippen LogP contribution in [-0.2, 0) is 11.4 Å². The summed E-state index contributed by atoms with van der Waals surface area (Å²) >= 11 is 2.16. The maximum atomic E-state index is 12.6. The van der Waals surface area contributed by atoms with E-state index in [2.05, 4.69) is 52.2 Å². The molecular formula is C29H23IN2O4. The van der Waals surface area contributed by atoms with Gasteiger partial charge in [0.15, 0.2) is 11.5 Å². The predicted molar refractivity (Wildman–Crippen MR) is 149 cm³/mol. The lowest BCUT2D eigenvalue weighted by Crippen LogP contribution is -2.13. The summed E-state index contributed by atoms with van der Waals surface area (Å²) < 4.78 is 12.8. The van der Waals surface area contributed by atoms with E-state index in [1.54, 1.807) is 18.2 Å². The Morgan fingerprint density at radius 2 is 1.78 bits per heavy atom. The zero-order valence-corrected chi connectivity index (χ0v) is 21.7. The maximum Gasteiger partial charge on any atom is 0.266 e. The number of nitrogens with zero attached hydrogens (tertiary/aromatic N) is 1. The van der Waals surface area contributed by atoms with Crippen LogP contribution in [0.2, 0.25) is 0 Å². The number of nitriles is 1. The van der Waals surface area contributed by atoms with E-state index >= 15 is 0 Å². The molecule has 0 saturated heterocycles. The van der Waals surface area contributed by atoms with Gasteiger partial charge in [0.1, 0.15) is 24.0 Å². The van der Waals surface area contributed by atoms with Gasteiger partial charge >= 0.3 is 0 Å². The number of halogens is 1. The second-order valence-electron chi connectivity index (χ2n) is 7.90. The van der Waals surface area contributed by atoms with E-state index in [1.807, 2.05) is 37.3 Å². The highest BCUT2D eigenvalue weighted by molar-refractivity contribution is 14.1. The molecule has 4 rings (SSSR count). The summed E-state index contributed by atoms with van der Waals surface area (Å²) in [6.45, 7) is 2.69. The van der Waals surface area contributed by atoms with E-state index in [4.69, 9.17) is 9.47 Å². The first-order valence-electron chi connectivity index (χ1n) is 11.3. The lowest BCUT2D eigenvalue weighted by atomic mass is 10.1. The summed E-state index contributed by atoms with van der Waals surface area (Å²) in [6.07, 6.45) is 1.51. The van der Waals surface area contributed by atoms with E-state index in [0.29, 0.717) is 36.0 Å². The van der Waals surface area contributed by atoms with Gasteiger partial charge in [-0.3, -0.25) is 4.79 Å². The van der Waals surface area contributed by atoms with Crippen LogP contribution in [0.1, 0.15) is 18.1 Å². The highest BCUT2D eigenvalue weighted by Crippen LogP contribution is 2.36. The summed E-state index contributed by atoms with van der Waals surface area (Å²) in [4.78, 5) is 12.6. The quantitative estimate of drug-likeness (QED) is 0.104. The Bertz CT molecular complexity index is 1470. The number of anilines is 1. The lowest BCUT2D eigenvalue weighted by Gasteiger charge is -2.15. The molecule has 4 aromatic carbocycles. The van der Waals surface area contributed by atoms with Crippen LogP contribution >= 0.6 is 22.6 Å². The Morgan fingerprint density at radius 3 is 2.50 bits per heavy atom. The Morgan fingerprint density at radius 1 is 1.03 bits per heavy atom. The molecule has 0 aliphatic heterocycles. The number of carbonyl (C=O) groups excluding carboxylic acids is 1. The van der Waals surface area contributed by atoms with Crippen molar-refractivity contribution in [1.29, 1.82) is 5.26 Å². The highest BCUT2D eigenvalue weighted by atomic mass is 127. The molecule has 0 aromatic heterocycles. The second-order valence-corrected chi connectivity index (χ2v) is 9.07. The fraction of sp³-hybridized carbons (Fsp3) is 0.103. The van der Waals surface area contributed by atoms with Gasteiger partial charge in [0, 0.05) is 5.69 Å². The number of ether oxygens (including phenoxy) is 2. The molecule has 4 aromatic rings. The number of hydrogen-bond acceptors (Lipinski definition) is 5. The first kappa shape index (κ1) is 25.1. The lowest BCUT2D eigenvalue weighted by molar-refractivity contribution is -0.112. The van der Waals surface area contributed by atoms with Crippen molar-refractivity contribution >= 4 is 51.0 Å². The minimum atomic E-state index is -0.548. The number of phenolic OH excluding ortho intramolecular Hbond substituents is 1. The van der Waals surface area contributed by atoms with Crippen molar-refractivity contribution in [2.24, 2.45) is 0 Å². The van der Waals surface area contributed by atoms with Crippen LogP contribution in [0, 0.1) is 14.9 Å². The van der Waals surface area contributed by atoms with Gasteiger partial charge in [0.25, 0.3) is 5.91 Å². The number of aromatic hydroxyl groups is 1. The number of carbonyl (C=O) groups is 1. The van der Waals surface area contributed by atoms with Crippen molar-refractivity contribution in [2.45, 2.75) is 13.5 Å². The molecule has 1 amide bonds. The second kappa shape index (κ2) is 11.6. The molecule has 0 aliphatic rings. The maximum absolute atomic E-state index is 12.6. The van der Waals surface area contributed by atoms with Crippen LogP contribution in [0.4, 0.5) is 5.69 Å². The Kier molecular flexibility index (Phi) is 8.08. The number of amides is 1. The molecule has 0 heterocycles. The minimum absolute atomic E-state index is 0.0637. The molecule has 2 N–H and O–H groups in total. The topological polar surface area (TPSA) is 91.6 Å². The molecule has 0 unspecified atom stereocenters. The molecule has 0 saturated carbocycles. The van der Waals surface area contributed by atoms with Crippen LogP contribution in [-0.4, -0.2) is 17.6 Å². The molecule has 0 atom stereocenters. The van der Waals surface area contributed by atoms with Crippen molar-refractivity contribution in [3.63, 3.8) is 0 Å². The van der Waals surface area contributed by atoms with Gasteiger partial charge in [-0.05, 0) is 100.0 Å². The number of rotatable bonds is 8. The standard InChI is InChI=1S/C29H23IN2O4/c1-2-35-27-16-20(14-23(17-31)29(34)32-24-9-11-25(33)12-10-24)15-26(30)28(27)36-18-19-7-8-21-5-3-4-6-22(21)13-19/h3-16,33H,2,18H2,1H3,(H,32,34)/b23-14+. The van der Waals surface area contributed by atoms with E-state index in [1.165, 1.54) is 23.6 Å². The summed E-state index contributed by atoms with van der Waals surface area (Å²) in [5.74, 6) is 0.681. The number of hydrogen-bond donors (Lipinski definition) is 2. The van der Waals surface area contributed by atoms with Crippen LogP contribution in [0.25, 0.3) is 16.8 Å². The zero-order valence-electron chi connectivity index (χ0n) is 19.5. The first-order chi connectivity index (χ1) is 17.5. The molecule has 7 heteroatoms. The molecule has 6 nitrogen and oxygen atoms in total. The predicted octanol–water partition coefficient (Wildman–Crippen LogP) is 6.67. The van der Waals surface area contributed by atoms with Gasteiger partial charge in [-0.25, -0.2) is 0 Å². The van der Waals surface area contributed by atoms with Gasteiger partial charge in [0.2, 0.25) is 0 Å². The fourth-order valence-corrected chi connectivity index (χ4v) is 4.40. The Labute approximate surface area is 222 Å². The van der Waals surface area contributed by atoms with Crippen molar-refractivity contribution in [3.8, 4) is 23.3 Å². The molecule has 0 fully saturated rings. The van der Waals surface area contributed by atoms with E-state index in [9.17, 15) is 15.2 Å². The zero-order chi connectivity index (χ0) is 25.5. The SMILES string of the molecule is CCOc1cc(/C=C(\C#N)C(=O)Nc2ccc(O)cc2)cc(I)c1OCc1ccc2ccccc2c1. The number of nitrogens with one attached hydrogen (secondary N) is 1. The third-order valence-corrected chi connectivity index (χ3v) is 6.13. The van der Waals surface area contributed by atoms with Gasteiger partial charge in [-0.1, -0.05) is 36.4 Å². The van der Waals surface area contributed by atoms with E-state index in [0.717, 1.165) is 14.5 Å². The van der Waals surface area contributed by atoms with E-state index < -0.39 is 5.91 Å². The highest BCUT2D eigenvalue weighted by Gasteiger charge is 2.15. The third-order valence-electron chi connectivity index (χ3n) is 5.33. The Balaban J connectivity index is 1.56. The van der Waals surface area contributed by atoms with Crippen molar-refractivity contribution in [2.75, 3.05) is 11.9 Å². The molecule has 0 aliphatic carbocycles. The molecule has 36 heavy (non-hydrogen) atoms. The number of fused-ring (bicyclic) bond motifs is 1. The average molecular weight is 590 g/mol. The van der Waals surface area contributed by atoms with Crippen LogP contribution in [0.3, 0.4) is 0 Å². The van der Waals surface area contributed by atoms with Gasteiger partial charge in [-0.15, -0.1) is 0 Å². The fourth-order valence-electron chi connectivity index (χ4n) is 3.62. The van der Waals surface area contributed by atoms with Crippen molar-refractivity contribution in [1.82, 2.24) is 0 Å². The molecular weight excluding hydrogens is 567 g/mol. The molecule has 0 bridgehead atoms. The van der Waals surface area contributed by atoms with Gasteiger partial charge < -0.3 is 19.9 Å². The molecule has 180 valence electrons. The molecule has 0 spiro atoms. The third kappa shape index (κ3) is 6.15. The van der Waals surface area contributed by atoms with Crippen molar-refractivity contribution < 1.29 is 19.4 Å². The molecule has 0 radical (unpaired) electrons.